The smallest absolute Gasteiger partial charge is 0.129 e. The molecule has 0 atom stereocenters. The zero-order valence-corrected chi connectivity index (χ0v) is 13.6. The summed E-state index contributed by atoms with van der Waals surface area (Å²) in [6.45, 7) is 6.36. The van der Waals surface area contributed by atoms with Crippen molar-refractivity contribution in [3.05, 3.63) is 46.3 Å². The molecule has 2 aromatic heterocycles. The Hall–Kier alpha value is -2.07. The highest BCUT2D eigenvalue weighted by molar-refractivity contribution is 7.15. The molecule has 0 amide bonds. The van der Waals surface area contributed by atoms with Crippen LogP contribution >= 0.6 is 11.3 Å². The zero-order valence-electron chi connectivity index (χ0n) is 12.8. The second-order valence-corrected chi connectivity index (χ2v) is 6.70. The number of benzene rings is 1. The van der Waals surface area contributed by atoms with Crippen LogP contribution in [0.1, 0.15) is 16.0 Å². The number of nitrogens with two attached hydrogens (primary N) is 1. The van der Waals surface area contributed by atoms with Crippen molar-refractivity contribution < 1.29 is 0 Å². The highest BCUT2D eigenvalue weighted by atomic mass is 32.1. The van der Waals surface area contributed by atoms with Crippen LogP contribution in [0, 0.1) is 20.8 Å². The molecule has 0 saturated heterocycles. The fourth-order valence-corrected chi connectivity index (χ4v) is 3.43. The number of anilines is 1. The molecule has 0 unspecified atom stereocenters. The summed E-state index contributed by atoms with van der Waals surface area (Å²) in [6.07, 6.45) is 0. The molecular weight excluding hydrogens is 278 g/mol. The van der Waals surface area contributed by atoms with E-state index in [9.17, 15) is 0 Å². The van der Waals surface area contributed by atoms with Crippen molar-refractivity contribution in [1.29, 1.82) is 0 Å². The minimum atomic E-state index is 0.706. The second kappa shape index (κ2) is 5.04. The van der Waals surface area contributed by atoms with E-state index in [0.29, 0.717) is 5.82 Å². The van der Waals surface area contributed by atoms with Crippen LogP contribution in [0.5, 0.6) is 0 Å². The summed E-state index contributed by atoms with van der Waals surface area (Å²) in [5.74, 6) is 0.706. The summed E-state index contributed by atoms with van der Waals surface area (Å²) in [7, 11) is 1.89. The van der Waals surface area contributed by atoms with Gasteiger partial charge in [0.25, 0.3) is 0 Å². The normalized spacial score (nSPS) is 11.0. The molecule has 3 nitrogen and oxygen atoms in total. The number of rotatable bonds is 2. The number of hydrogen-bond acceptors (Lipinski definition) is 3. The Labute approximate surface area is 129 Å². The third-order valence-corrected chi connectivity index (χ3v) is 4.99. The van der Waals surface area contributed by atoms with Gasteiger partial charge in [-0.15, -0.1) is 11.3 Å². The molecule has 0 aliphatic rings. The molecule has 21 heavy (non-hydrogen) atoms. The molecule has 2 heterocycles. The molecule has 3 aromatic rings. The SMILES string of the molecule is Cc1ccc(-c2c(-c3cc(C)c(C)s3)nn(C)c2N)cc1. The van der Waals surface area contributed by atoms with E-state index in [1.807, 2.05) is 7.05 Å². The van der Waals surface area contributed by atoms with Crippen LogP contribution in [0.2, 0.25) is 0 Å². The third kappa shape index (κ3) is 2.36. The Morgan fingerprint density at radius 1 is 1.10 bits per heavy atom. The second-order valence-electron chi connectivity index (χ2n) is 5.45. The van der Waals surface area contributed by atoms with Gasteiger partial charge >= 0.3 is 0 Å². The third-order valence-electron chi connectivity index (χ3n) is 3.83. The van der Waals surface area contributed by atoms with E-state index in [-0.39, 0.29) is 0 Å². The first kappa shape index (κ1) is 13.9. The molecule has 2 N–H and O–H groups in total. The van der Waals surface area contributed by atoms with Crippen LogP contribution in [0.25, 0.3) is 21.7 Å². The Kier molecular flexibility index (Phi) is 3.33. The Morgan fingerprint density at radius 2 is 1.76 bits per heavy atom. The highest BCUT2D eigenvalue weighted by Crippen LogP contribution is 2.39. The molecule has 0 bridgehead atoms. The van der Waals surface area contributed by atoms with E-state index in [2.05, 4.69) is 56.2 Å². The summed E-state index contributed by atoms with van der Waals surface area (Å²) in [5, 5.41) is 4.64. The minimum absolute atomic E-state index is 0.706. The number of thiophene rings is 1. The molecule has 1 aromatic carbocycles. The molecule has 0 aliphatic heterocycles. The predicted molar refractivity (Wildman–Crippen MR) is 90.6 cm³/mol. The lowest BCUT2D eigenvalue weighted by Crippen LogP contribution is -1.97. The summed E-state index contributed by atoms with van der Waals surface area (Å²) in [5.41, 5.74) is 11.9. The lowest BCUT2D eigenvalue weighted by molar-refractivity contribution is 0.783. The van der Waals surface area contributed by atoms with Crippen LogP contribution < -0.4 is 5.73 Å². The Balaban J connectivity index is 2.22. The molecular formula is C17H19N3S. The van der Waals surface area contributed by atoms with E-state index in [1.165, 1.54) is 20.9 Å². The number of nitrogen functional groups attached to an aromatic ring is 1. The van der Waals surface area contributed by atoms with Gasteiger partial charge in [-0.1, -0.05) is 29.8 Å². The van der Waals surface area contributed by atoms with Crippen LogP contribution in [0.4, 0.5) is 5.82 Å². The van der Waals surface area contributed by atoms with Crippen molar-refractivity contribution in [2.24, 2.45) is 7.05 Å². The minimum Gasteiger partial charge on any atom is -0.383 e. The molecule has 0 radical (unpaired) electrons. The average molecular weight is 297 g/mol. The van der Waals surface area contributed by atoms with Crippen molar-refractivity contribution in [3.63, 3.8) is 0 Å². The fourth-order valence-electron chi connectivity index (χ4n) is 2.40. The molecule has 0 saturated carbocycles. The monoisotopic (exact) mass is 297 g/mol. The topological polar surface area (TPSA) is 43.8 Å². The zero-order chi connectivity index (χ0) is 15.1. The molecule has 0 aliphatic carbocycles. The number of hydrogen-bond donors (Lipinski definition) is 1. The number of nitrogens with zero attached hydrogens (tertiary/aromatic N) is 2. The summed E-state index contributed by atoms with van der Waals surface area (Å²) in [6, 6.07) is 10.6. The first-order valence-electron chi connectivity index (χ1n) is 6.94. The van der Waals surface area contributed by atoms with Crippen LogP contribution in [0.3, 0.4) is 0 Å². The van der Waals surface area contributed by atoms with Crippen LogP contribution in [0.15, 0.2) is 30.3 Å². The molecule has 4 heteroatoms. The van der Waals surface area contributed by atoms with Crippen molar-refractivity contribution in [1.82, 2.24) is 9.78 Å². The van der Waals surface area contributed by atoms with Gasteiger partial charge in [0.15, 0.2) is 0 Å². The maximum Gasteiger partial charge on any atom is 0.129 e. The van der Waals surface area contributed by atoms with Gasteiger partial charge in [0, 0.05) is 11.9 Å². The van der Waals surface area contributed by atoms with Gasteiger partial charge < -0.3 is 5.73 Å². The van der Waals surface area contributed by atoms with E-state index < -0.39 is 0 Å². The maximum atomic E-state index is 6.26. The lowest BCUT2D eigenvalue weighted by atomic mass is 10.0. The van der Waals surface area contributed by atoms with E-state index in [1.54, 1.807) is 16.0 Å². The van der Waals surface area contributed by atoms with Gasteiger partial charge in [-0.25, -0.2) is 0 Å². The Bertz CT molecular complexity index is 775. The van der Waals surface area contributed by atoms with E-state index >= 15 is 0 Å². The van der Waals surface area contributed by atoms with Crippen molar-refractivity contribution in [2.45, 2.75) is 20.8 Å². The first-order valence-corrected chi connectivity index (χ1v) is 7.76. The number of aryl methyl sites for hydroxylation is 4. The Morgan fingerprint density at radius 3 is 2.33 bits per heavy atom. The van der Waals surface area contributed by atoms with Gasteiger partial charge in [-0.2, -0.15) is 5.10 Å². The van der Waals surface area contributed by atoms with Gasteiger partial charge in [0.05, 0.1) is 10.4 Å². The maximum absolute atomic E-state index is 6.26. The molecule has 108 valence electrons. The molecule has 0 spiro atoms. The van der Waals surface area contributed by atoms with Gasteiger partial charge in [0.1, 0.15) is 11.5 Å². The standard InChI is InChI=1S/C17H19N3S/c1-10-5-7-13(8-6-10)15-16(19-20(4)17(15)18)14-9-11(2)12(3)21-14/h5-9H,18H2,1-4H3. The lowest BCUT2D eigenvalue weighted by Gasteiger charge is -2.03. The predicted octanol–water partition coefficient (Wildman–Crippen LogP) is 4.32. The van der Waals surface area contributed by atoms with Crippen molar-refractivity contribution in [3.8, 4) is 21.7 Å². The fraction of sp³-hybridized carbons (Fsp3) is 0.235. The summed E-state index contributed by atoms with van der Waals surface area (Å²) in [4.78, 5) is 2.50. The molecule has 0 fully saturated rings. The van der Waals surface area contributed by atoms with Crippen LogP contribution in [-0.2, 0) is 7.05 Å². The van der Waals surface area contributed by atoms with E-state index in [4.69, 9.17) is 5.73 Å². The first-order chi connectivity index (χ1) is 9.97. The summed E-state index contributed by atoms with van der Waals surface area (Å²) >= 11 is 1.77. The number of aromatic nitrogens is 2. The van der Waals surface area contributed by atoms with Gasteiger partial charge in [0.2, 0.25) is 0 Å². The highest BCUT2D eigenvalue weighted by Gasteiger charge is 2.19. The van der Waals surface area contributed by atoms with E-state index in [0.717, 1.165) is 16.8 Å². The average Bonchev–Trinajstić information content (AvgIpc) is 2.93. The van der Waals surface area contributed by atoms with Gasteiger partial charge in [-0.05, 0) is 38.0 Å². The largest absolute Gasteiger partial charge is 0.383 e. The summed E-state index contributed by atoms with van der Waals surface area (Å²) < 4.78 is 1.76. The quantitative estimate of drug-likeness (QED) is 0.765. The van der Waals surface area contributed by atoms with Crippen molar-refractivity contribution in [2.75, 3.05) is 5.73 Å². The van der Waals surface area contributed by atoms with Crippen molar-refractivity contribution >= 4 is 17.2 Å². The van der Waals surface area contributed by atoms with Crippen LogP contribution in [-0.4, -0.2) is 9.78 Å². The van der Waals surface area contributed by atoms with Gasteiger partial charge in [-0.3, -0.25) is 4.68 Å². The molecule has 3 rings (SSSR count).